The fourth-order valence-corrected chi connectivity index (χ4v) is 4.61. The van der Waals surface area contributed by atoms with Crippen molar-refractivity contribution in [3.8, 4) is 0 Å². The maximum absolute atomic E-state index is 12.0. The van der Waals surface area contributed by atoms with E-state index in [4.69, 9.17) is 9.47 Å². The van der Waals surface area contributed by atoms with E-state index in [1.807, 2.05) is 11.8 Å². The zero-order chi connectivity index (χ0) is 25.5. The number of hydrogen-bond donors (Lipinski definition) is 1. The second kappa shape index (κ2) is 12.0. The Bertz CT molecular complexity index is 1070. The first-order valence-corrected chi connectivity index (χ1v) is 12.3. The van der Waals surface area contributed by atoms with Gasteiger partial charge in [-0.05, 0) is 30.5 Å². The zero-order valence-electron chi connectivity index (χ0n) is 21.0. The molecule has 0 radical (unpaired) electrons. The summed E-state index contributed by atoms with van der Waals surface area (Å²) in [6, 6.07) is 8.74. The summed E-state index contributed by atoms with van der Waals surface area (Å²) >= 11 is 0. The van der Waals surface area contributed by atoms with Crippen LogP contribution in [0.25, 0.3) is 0 Å². The summed E-state index contributed by atoms with van der Waals surface area (Å²) < 4.78 is 10.5. The van der Waals surface area contributed by atoms with Crippen molar-refractivity contribution in [3.05, 3.63) is 59.8 Å². The maximum Gasteiger partial charge on any atom is 0.415 e. The van der Waals surface area contributed by atoms with Crippen molar-refractivity contribution in [2.45, 2.75) is 32.5 Å². The Labute approximate surface area is 211 Å². The number of carbonyl (C=O) groups excluding carboxylic acids is 2. The molecular formula is C26H34N6O4. The van der Waals surface area contributed by atoms with Crippen molar-refractivity contribution in [2.75, 3.05) is 56.7 Å². The van der Waals surface area contributed by atoms with Gasteiger partial charge in [-0.3, -0.25) is 14.6 Å². The Hall–Kier alpha value is -3.50. The number of methoxy groups -OCH3 is 1. The van der Waals surface area contributed by atoms with Gasteiger partial charge in [0, 0.05) is 65.2 Å². The lowest BCUT2D eigenvalue weighted by Crippen LogP contribution is -2.49. The van der Waals surface area contributed by atoms with E-state index in [2.05, 4.69) is 51.0 Å². The van der Waals surface area contributed by atoms with Crippen molar-refractivity contribution in [1.82, 2.24) is 19.8 Å². The molecule has 1 fully saturated rings. The second-order valence-corrected chi connectivity index (χ2v) is 8.80. The van der Waals surface area contributed by atoms with E-state index in [-0.39, 0.29) is 24.6 Å². The topological polar surface area (TPSA) is 100 Å². The number of nitrogens with one attached hydrogen (secondary N) is 1. The summed E-state index contributed by atoms with van der Waals surface area (Å²) in [4.78, 5) is 38.6. The van der Waals surface area contributed by atoms with Crippen molar-refractivity contribution in [2.24, 2.45) is 0 Å². The van der Waals surface area contributed by atoms with Gasteiger partial charge in [0.05, 0.1) is 5.56 Å². The minimum absolute atomic E-state index is 0.00909. The smallest absolute Gasteiger partial charge is 0.415 e. The second-order valence-electron chi connectivity index (χ2n) is 8.80. The first-order valence-electron chi connectivity index (χ1n) is 12.3. The molecule has 2 amide bonds. The van der Waals surface area contributed by atoms with E-state index < -0.39 is 0 Å². The minimum atomic E-state index is -0.387. The summed E-state index contributed by atoms with van der Waals surface area (Å²) in [6.07, 6.45) is 3.57. The van der Waals surface area contributed by atoms with Gasteiger partial charge in [-0.25, -0.2) is 9.78 Å². The van der Waals surface area contributed by atoms with Crippen LogP contribution in [0.4, 0.5) is 16.6 Å². The van der Waals surface area contributed by atoms with Crippen LogP contribution in [-0.4, -0.2) is 78.2 Å². The van der Waals surface area contributed by atoms with E-state index in [0.717, 1.165) is 30.6 Å². The van der Waals surface area contributed by atoms with Gasteiger partial charge in [-0.1, -0.05) is 30.8 Å². The molecule has 2 aromatic rings. The maximum atomic E-state index is 12.0. The van der Waals surface area contributed by atoms with Crippen molar-refractivity contribution in [3.63, 3.8) is 0 Å². The Balaban J connectivity index is 1.39. The third kappa shape index (κ3) is 5.83. The van der Waals surface area contributed by atoms with Crippen LogP contribution < -0.4 is 10.2 Å². The lowest BCUT2D eigenvalue weighted by Gasteiger charge is -2.39. The molecule has 1 aromatic carbocycles. The molecule has 1 unspecified atom stereocenters. The molecule has 0 aliphatic carbocycles. The van der Waals surface area contributed by atoms with E-state index in [0.29, 0.717) is 44.6 Å². The number of fused-ring (bicyclic) bond motifs is 1. The van der Waals surface area contributed by atoms with Gasteiger partial charge < -0.3 is 19.7 Å². The number of cyclic esters (lactones) is 1. The van der Waals surface area contributed by atoms with Crippen molar-refractivity contribution in [1.29, 1.82) is 0 Å². The fourth-order valence-electron chi connectivity index (χ4n) is 4.61. The molecule has 2 aliphatic heterocycles. The van der Waals surface area contributed by atoms with Crippen LogP contribution in [0.5, 0.6) is 0 Å². The van der Waals surface area contributed by atoms with Gasteiger partial charge >= 0.3 is 6.09 Å². The van der Waals surface area contributed by atoms with Gasteiger partial charge in [0.1, 0.15) is 12.4 Å². The predicted octanol–water partition coefficient (Wildman–Crippen LogP) is 2.97. The Morgan fingerprint density at radius 2 is 2.00 bits per heavy atom. The highest BCUT2D eigenvalue weighted by Crippen LogP contribution is 2.27. The summed E-state index contributed by atoms with van der Waals surface area (Å²) in [6.45, 7) is 10.4. The molecule has 10 heteroatoms. The number of anilines is 2. The number of nitrogens with zero attached hydrogens (tertiary/aromatic N) is 5. The van der Waals surface area contributed by atoms with Crippen LogP contribution in [0.15, 0.2) is 43.1 Å². The van der Waals surface area contributed by atoms with Crippen molar-refractivity contribution < 1.29 is 19.1 Å². The van der Waals surface area contributed by atoms with E-state index in [9.17, 15) is 9.59 Å². The van der Waals surface area contributed by atoms with Gasteiger partial charge in [0.2, 0.25) is 11.9 Å². The number of hydrogen-bond acceptors (Lipinski definition) is 8. The number of benzene rings is 1. The molecule has 3 heterocycles. The van der Waals surface area contributed by atoms with Crippen LogP contribution in [0, 0.1) is 0 Å². The van der Waals surface area contributed by atoms with Crippen LogP contribution >= 0.6 is 0 Å². The van der Waals surface area contributed by atoms with Crippen LogP contribution in [0.1, 0.15) is 36.1 Å². The molecule has 1 atom stereocenters. The van der Waals surface area contributed by atoms with Gasteiger partial charge in [0.25, 0.3) is 0 Å². The lowest BCUT2D eigenvalue weighted by molar-refractivity contribution is -0.128. The average molecular weight is 495 g/mol. The SMILES string of the molecule is C=CC(=O)N1CCN(C(CCOC)c2ccc(CNc3ncc4c(n3)N(CC)C(=O)OC4)cc2)CC1. The van der Waals surface area contributed by atoms with Gasteiger partial charge in [-0.15, -0.1) is 0 Å². The van der Waals surface area contributed by atoms with Crippen LogP contribution in [-0.2, 0) is 27.4 Å². The molecule has 1 aromatic heterocycles. The number of rotatable bonds is 10. The monoisotopic (exact) mass is 494 g/mol. The van der Waals surface area contributed by atoms with Gasteiger partial charge in [0.15, 0.2) is 0 Å². The number of amides is 2. The molecule has 10 nitrogen and oxygen atoms in total. The quantitative estimate of drug-likeness (QED) is 0.503. The van der Waals surface area contributed by atoms with E-state index in [1.165, 1.54) is 16.5 Å². The molecule has 1 saturated heterocycles. The van der Waals surface area contributed by atoms with Gasteiger partial charge in [-0.2, -0.15) is 4.98 Å². The first kappa shape index (κ1) is 25.6. The molecule has 1 N–H and O–H groups in total. The normalized spacial score (nSPS) is 16.8. The standard InChI is InChI=1S/C26H34N6O4/c1-4-23(33)31-13-11-30(12-14-31)22(10-15-35-3)20-8-6-19(7-9-20)16-27-25-28-17-21-18-36-26(34)32(5-2)24(21)29-25/h4,6-9,17,22H,1,5,10-16,18H2,2-3H3,(H,27,28,29). The van der Waals surface area contributed by atoms with Crippen molar-refractivity contribution >= 4 is 23.8 Å². The summed E-state index contributed by atoms with van der Waals surface area (Å²) in [7, 11) is 1.72. The molecule has 192 valence electrons. The Kier molecular flexibility index (Phi) is 8.50. The number of ether oxygens (including phenoxy) is 2. The number of piperazine rings is 1. The Morgan fingerprint density at radius 1 is 1.25 bits per heavy atom. The lowest BCUT2D eigenvalue weighted by atomic mass is 9.99. The first-order chi connectivity index (χ1) is 17.5. The zero-order valence-corrected chi connectivity index (χ0v) is 21.0. The number of carbonyl (C=O) groups is 2. The molecule has 4 rings (SSSR count). The third-order valence-corrected chi connectivity index (χ3v) is 6.64. The highest BCUT2D eigenvalue weighted by molar-refractivity contribution is 5.89. The summed E-state index contributed by atoms with van der Waals surface area (Å²) in [5.74, 6) is 1.05. The molecule has 2 aliphatic rings. The molecule has 36 heavy (non-hydrogen) atoms. The Morgan fingerprint density at radius 3 is 2.67 bits per heavy atom. The molecule has 0 bridgehead atoms. The molecule has 0 saturated carbocycles. The van der Waals surface area contributed by atoms with E-state index in [1.54, 1.807) is 13.3 Å². The fraction of sp³-hybridized carbons (Fsp3) is 0.462. The van der Waals surface area contributed by atoms with Crippen LogP contribution in [0.2, 0.25) is 0 Å². The minimum Gasteiger partial charge on any atom is -0.444 e. The summed E-state index contributed by atoms with van der Waals surface area (Å²) in [5.41, 5.74) is 3.11. The number of aromatic nitrogens is 2. The third-order valence-electron chi connectivity index (χ3n) is 6.64. The summed E-state index contributed by atoms with van der Waals surface area (Å²) in [5, 5.41) is 3.26. The largest absolute Gasteiger partial charge is 0.444 e. The molecule has 0 spiro atoms. The molecular weight excluding hydrogens is 460 g/mol. The average Bonchev–Trinajstić information content (AvgIpc) is 2.92. The predicted molar refractivity (Wildman–Crippen MR) is 137 cm³/mol. The van der Waals surface area contributed by atoms with Crippen LogP contribution in [0.3, 0.4) is 0 Å². The highest BCUT2D eigenvalue weighted by atomic mass is 16.6. The van der Waals surface area contributed by atoms with E-state index >= 15 is 0 Å². The highest BCUT2D eigenvalue weighted by Gasteiger charge is 2.27.